The summed E-state index contributed by atoms with van der Waals surface area (Å²) in [6.45, 7) is 1.08. The predicted octanol–water partition coefficient (Wildman–Crippen LogP) is 4.45. The number of nitrogens with zero attached hydrogens (tertiary/aromatic N) is 5. The molecule has 0 bridgehead atoms. The molecule has 0 fully saturated rings. The molecule has 0 atom stereocenters. The van der Waals surface area contributed by atoms with Gasteiger partial charge in [0.1, 0.15) is 0 Å². The van der Waals surface area contributed by atoms with E-state index >= 15 is 0 Å². The molecule has 0 spiro atoms. The van der Waals surface area contributed by atoms with Crippen LogP contribution in [0.15, 0.2) is 66.4 Å². The van der Waals surface area contributed by atoms with Gasteiger partial charge in [0, 0.05) is 24.5 Å². The second-order valence-corrected chi connectivity index (χ2v) is 8.12. The van der Waals surface area contributed by atoms with Gasteiger partial charge in [0.05, 0.1) is 32.5 Å². The molecule has 0 saturated heterocycles. The molecule has 0 saturated carbocycles. The fourth-order valence-electron chi connectivity index (χ4n) is 3.04. The van der Waals surface area contributed by atoms with Gasteiger partial charge in [-0.1, -0.05) is 23.5 Å². The van der Waals surface area contributed by atoms with E-state index in [1.807, 2.05) is 59.4 Å². The van der Waals surface area contributed by atoms with Gasteiger partial charge in [-0.05, 0) is 36.4 Å². The lowest BCUT2D eigenvalue weighted by Crippen LogP contribution is -2.34. The summed E-state index contributed by atoms with van der Waals surface area (Å²) < 4.78 is 3.88. The van der Waals surface area contributed by atoms with Crippen LogP contribution in [0.4, 0.5) is 5.13 Å². The van der Waals surface area contributed by atoms with E-state index in [0.717, 1.165) is 20.4 Å². The average molecular weight is 406 g/mol. The molecule has 3 heterocycles. The molecule has 0 aliphatic heterocycles. The summed E-state index contributed by atoms with van der Waals surface area (Å²) in [5.41, 5.74) is 4.24. The number of benzene rings is 2. The van der Waals surface area contributed by atoms with Crippen molar-refractivity contribution >= 4 is 54.1 Å². The van der Waals surface area contributed by atoms with E-state index in [9.17, 15) is 4.79 Å². The first kappa shape index (κ1) is 17.0. The van der Waals surface area contributed by atoms with Crippen LogP contribution in [0.1, 0.15) is 10.4 Å². The Balaban J connectivity index is 1.52. The number of para-hydroxylation sites is 1. The smallest absolute Gasteiger partial charge is 0.260 e. The van der Waals surface area contributed by atoms with Gasteiger partial charge in [0.25, 0.3) is 5.91 Å². The van der Waals surface area contributed by atoms with Crippen LogP contribution < -0.4 is 4.90 Å². The van der Waals surface area contributed by atoms with Crippen LogP contribution in [-0.2, 0) is 6.54 Å². The van der Waals surface area contributed by atoms with Crippen molar-refractivity contribution in [2.75, 3.05) is 11.4 Å². The Labute approximate surface area is 168 Å². The summed E-state index contributed by atoms with van der Waals surface area (Å²) in [5, 5.41) is 4.94. The van der Waals surface area contributed by atoms with E-state index in [1.54, 1.807) is 16.6 Å². The lowest BCUT2D eigenvalue weighted by atomic mass is 10.2. The van der Waals surface area contributed by atoms with Crippen molar-refractivity contribution in [2.24, 2.45) is 0 Å². The Morgan fingerprint density at radius 2 is 2.00 bits per heavy atom. The highest BCUT2D eigenvalue weighted by Gasteiger charge is 2.22. The van der Waals surface area contributed by atoms with Crippen LogP contribution in [0.2, 0.25) is 0 Å². The lowest BCUT2D eigenvalue weighted by Gasteiger charge is -2.20. The molecule has 3 aromatic heterocycles. The van der Waals surface area contributed by atoms with Gasteiger partial charge in [-0.3, -0.25) is 14.4 Å². The number of hydrogen-bond acceptors (Lipinski definition) is 6. The maximum Gasteiger partial charge on any atom is 0.260 e. The molecular weight excluding hydrogens is 390 g/mol. The topological polar surface area (TPSA) is 63.9 Å². The minimum absolute atomic E-state index is 0.0680. The number of hydrogen-bond donors (Lipinski definition) is 0. The Bertz CT molecular complexity index is 1230. The van der Waals surface area contributed by atoms with Crippen LogP contribution in [0.25, 0.3) is 20.4 Å². The maximum absolute atomic E-state index is 13.4. The van der Waals surface area contributed by atoms with Crippen molar-refractivity contribution in [1.29, 1.82) is 0 Å². The lowest BCUT2D eigenvalue weighted by molar-refractivity contribution is 0.0986. The number of amides is 1. The Morgan fingerprint density at radius 1 is 1.07 bits per heavy atom. The van der Waals surface area contributed by atoms with Crippen LogP contribution >= 0.6 is 22.7 Å². The number of thiazole rings is 2. The molecule has 5 aromatic rings. The first-order valence-corrected chi connectivity index (χ1v) is 10.5. The normalized spacial score (nSPS) is 11.3. The number of aromatic nitrogens is 4. The molecule has 5 rings (SSSR count). The quantitative estimate of drug-likeness (QED) is 0.433. The molecule has 0 aliphatic carbocycles. The fraction of sp³-hybridized carbons (Fsp3) is 0.100. The largest absolute Gasteiger partial charge is 0.282 e. The standard InChI is InChI=1S/C20H15N5OS2/c26-19(14-6-7-15-18(12-14)27-13-21-15)25(11-10-24-9-3-8-22-24)20-23-16-4-1-2-5-17(16)28-20/h1-9,12-13H,10-11H2. The average Bonchev–Trinajstić information content (AvgIpc) is 3.47. The second-order valence-electron chi connectivity index (χ2n) is 6.22. The SMILES string of the molecule is O=C(c1ccc2ncsc2c1)N(CCn1cccn1)c1nc2ccccc2s1. The van der Waals surface area contributed by atoms with Gasteiger partial charge in [-0.2, -0.15) is 5.10 Å². The van der Waals surface area contributed by atoms with E-state index in [4.69, 9.17) is 4.98 Å². The molecule has 0 unspecified atom stereocenters. The number of carbonyl (C=O) groups is 1. The number of anilines is 1. The molecule has 0 N–H and O–H groups in total. The first-order chi connectivity index (χ1) is 13.8. The highest BCUT2D eigenvalue weighted by molar-refractivity contribution is 7.22. The third-order valence-electron chi connectivity index (χ3n) is 4.45. The van der Waals surface area contributed by atoms with Gasteiger partial charge in [0.15, 0.2) is 5.13 Å². The summed E-state index contributed by atoms with van der Waals surface area (Å²) >= 11 is 3.06. The van der Waals surface area contributed by atoms with Crippen molar-refractivity contribution in [3.63, 3.8) is 0 Å². The molecule has 0 radical (unpaired) electrons. The van der Waals surface area contributed by atoms with Gasteiger partial charge >= 0.3 is 0 Å². The molecule has 8 heteroatoms. The Kier molecular flexibility index (Phi) is 4.34. The zero-order chi connectivity index (χ0) is 18.9. The van der Waals surface area contributed by atoms with Crippen molar-refractivity contribution in [1.82, 2.24) is 19.7 Å². The van der Waals surface area contributed by atoms with E-state index in [1.165, 1.54) is 22.7 Å². The Hall–Kier alpha value is -3.10. The van der Waals surface area contributed by atoms with Crippen LogP contribution in [0.3, 0.4) is 0 Å². The first-order valence-electron chi connectivity index (χ1n) is 8.76. The summed E-state index contributed by atoms with van der Waals surface area (Å²) in [4.78, 5) is 24.1. The number of fused-ring (bicyclic) bond motifs is 2. The van der Waals surface area contributed by atoms with Crippen LogP contribution in [0, 0.1) is 0 Å². The third-order valence-corrected chi connectivity index (χ3v) is 6.30. The summed E-state index contributed by atoms with van der Waals surface area (Å²) in [6.07, 6.45) is 3.63. The van der Waals surface area contributed by atoms with Crippen molar-refractivity contribution < 1.29 is 4.79 Å². The van der Waals surface area contributed by atoms with E-state index in [2.05, 4.69) is 10.1 Å². The van der Waals surface area contributed by atoms with Gasteiger partial charge in [-0.25, -0.2) is 9.97 Å². The summed E-state index contributed by atoms with van der Waals surface area (Å²) in [5.74, 6) is -0.0680. The molecule has 138 valence electrons. The molecular formula is C20H15N5OS2. The van der Waals surface area contributed by atoms with E-state index < -0.39 is 0 Å². The van der Waals surface area contributed by atoms with Crippen LogP contribution in [0.5, 0.6) is 0 Å². The van der Waals surface area contributed by atoms with Crippen molar-refractivity contribution in [3.05, 3.63) is 72.0 Å². The highest BCUT2D eigenvalue weighted by atomic mass is 32.1. The third kappa shape index (κ3) is 3.17. The molecule has 1 amide bonds. The van der Waals surface area contributed by atoms with Crippen LogP contribution in [-0.4, -0.2) is 32.2 Å². The molecule has 0 aliphatic rings. The van der Waals surface area contributed by atoms with Gasteiger partial charge < -0.3 is 0 Å². The molecule has 28 heavy (non-hydrogen) atoms. The predicted molar refractivity (Wildman–Crippen MR) is 113 cm³/mol. The van der Waals surface area contributed by atoms with Crippen molar-refractivity contribution in [2.45, 2.75) is 6.54 Å². The monoisotopic (exact) mass is 405 g/mol. The summed E-state index contributed by atoms with van der Waals surface area (Å²) in [6, 6.07) is 15.4. The number of rotatable bonds is 5. The van der Waals surface area contributed by atoms with Gasteiger partial charge in [0.2, 0.25) is 0 Å². The minimum Gasteiger partial charge on any atom is -0.282 e. The zero-order valence-corrected chi connectivity index (χ0v) is 16.4. The second kappa shape index (κ2) is 7.14. The zero-order valence-electron chi connectivity index (χ0n) is 14.7. The summed E-state index contributed by atoms with van der Waals surface area (Å²) in [7, 11) is 0. The van der Waals surface area contributed by atoms with E-state index in [0.29, 0.717) is 23.8 Å². The van der Waals surface area contributed by atoms with E-state index in [-0.39, 0.29) is 5.91 Å². The number of carbonyl (C=O) groups excluding carboxylic acids is 1. The minimum atomic E-state index is -0.0680. The Morgan fingerprint density at radius 3 is 2.86 bits per heavy atom. The maximum atomic E-state index is 13.4. The highest BCUT2D eigenvalue weighted by Crippen LogP contribution is 2.30. The molecule has 2 aromatic carbocycles. The molecule has 6 nitrogen and oxygen atoms in total. The fourth-order valence-corrected chi connectivity index (χ4v) is 4.74. The van der Waals surface area contributed by atoms with Gasteiger partial charge in [-0.15, -0.1) is 11.3 Å². The van der Waals surface area contributed by atoms with Crippen molar-refractivity contribution in [3.8, 4) is 0 Å².